The lowest BCUT2D eigenvalue weighted by atomic mass is 9.61. The molecule has 0 aromatic heterocycles. The van der Waals surface area contributed by atoms with Gasteiger partial charge in [-0.1, -0.05) is 11.5 Å². The van der Waals surface area contributed by atoms with Crippen molar-refractivity contribution in [2.45, 2.75) is 81.9 Å². The summed E-state index contributed by atoms with van der Waals surface area (Å²) in [6, 6.07) is 0. The number of hydrogen-bond acceptors (Lipinski definition) is 3. The third-order valence-corrected chi connectivity index (χ3v) is 6.40. The first-order valence-corrected chi connectivity index (χ1v) is 11.7. The number of ether oxygens (including phenoxy) is 1. The van der Waals surface area contributed by atoms with E-state index in [0.717, 1.165) is 19.3 Å². The Morgan fingerprint density at radius 1 is 1.29 bits per heavy atom. The molecule has 0 aromatic carbocycles. The first kappa shape index (κ1) is 15.3. The second-order valence-electron chi connectivity index (χ2n) is 7.83. The molecule has 3 atom stereocenters. The van der Waals surface area contributed by atoms with Gasteiger partial charge in [-0.2, -0.15) is 0 Å². The lowest BCUT2D eigenvalue weighted by Crippen LogP contribution is -2.62. The lowest BCUT2D eigenvalue weighted by molar-refractivity contribution is -0.106. The summed E-state index contributed by atoms with van der Waals surface area (Å²) >= 11 is 0. The maximum Gasteiger partial charge on any atom is 0.184 e. The first-order valence-electron chi connectivity index (χ1n) is 8.32. The van der Waals surface area contributed by atoms with Gasteiger partial charge in [-0.3, -0.25) is 0 Å². The summed E-state index contributed by atoms with van der Waals surface area (Å²) in [5.41, 5.74) is 8.42. The average molecular weight is 309 g/mol. The van der Waals surface area contributed by atoms with Crippen LogP contribution in [0.25, 0.3) is 10.4 Å². The van der Waals surface area contributed by atoms with Crippen LogP contribution in [-0.2, 0) is 9.16 Å². The molecule has 3 aliphatic rings. The highest BCUT2D eigenvalue weighted by Crippen LogP contribution is 2.65. The minimum atomic E-state index is -1.60. The zero-order valence-electron chi connectivity index (χ0n) is 13.5. The van der Waals surface area contributed by atoms with Gasteiger partial charge in [-0.05, 0) is 69.6 Å². The average Bonchev–Trinajstić information content (AvgIpc) is 3.09. The Hall–Kier alpha value is -0.553. The topological polar surface area (TPSA) is 70.5 Å². The lowest BCUT2D eigenvalue weighted by Gasteiger charge is -2.53. The molecule has 118 valence electrons. The Morgan fingerprint density at radius 2 is 2.05 bits per heavy atom. The first-order chi connectivity index (χ1) is 9.94. The molecule has 3 rings (SSSR count). The van der Waals surface area contributed by atoms with Crippen LogP contribution in [0, 0.1) is 5.92 Å². The highest BCUT2D eigenvalue weighted by molar-refractivity contribution is 6.69. The monoisotopic (exact) mass is 309 g/mol. The molecule has 0 aromatic rings. The smallest absolute Gasteiger partial charge is 0.184 e. The third-order valence-electron chi connectivity index (χ3n) is 5.40. The van der Waals surface area contributed by atoms with Crippen molar-refractivity contribution in [3.05, 3.63) is 10.4 Å². The molecule has 0 N–H and O–H groups in total. The van der Waals surface area contributed by atoms with Crippen molar-refractivity contribution in [3.8, 4) is 0 Å². The van der Waals surface area contributed by atoms with Crippen molar-refractivity contribution < 1.29 is 9.16 Å². The summed E-state index contributed by atoms with van der Waals surface area (Å²) in [6.45, 7) is 7.42. The summed E-state index contributed by atoms with van der Waals surface area (Å²) in [5.74, 6) is 0.499. The van der Waals surface area contributed by atoms with E-state index in [1.54, 1.807) is 0 Å². The Kier molecular flexibility index (Phi) is 3.85. The number of fused-ring (bicyclic) bond motifs is 1. The van der Waals surface area contributed by atoms with Gasteiger partial charge in [0.1, 0.15) is 5.60 Å². The molecular formula is C15H27N3O2Si. The summed E-state index contributed by atoms with van der Waals surface area (Å²) < 4.78 is 13.0. The molecule has 3 fully saturated rings. The van der Waals surface area contributed by atoms with Crippen LogP contribution in [0.3, 0.4) is 0 Å². The van der Waals surface area contributed by atoms with Gasteiger partial charge in [0.05, 0.1) is 11.7 Å². The summed E-state index contributed by atoms with van der Waals surface area (Å²) in [7, 11) is -1.60. The maximum atomic E-state index is 8.51. The van der Waals surface area contributed by atoms with Crippen molar-refractivity contribution in [2.24, 2.45) is 11.0 Å². The Labute approximate surface area is 128 Å². The van der Waals surface area contributed by atoms with E-state index in [4.69, 9.17) is 14.7 Å². The molecule has 2 aliphatic carbocycles. The number of epoxide rings is 1. The molecular weight excluding hydrogens is 282 g/mol. The fourth-order valence-electron chi connectivity index (χ4n) is 4.64. The van der Waals surface area contributed by atoms with Gasteiger partial charge < -0.3 is 9.16 Å². The minimum Gasteiger partial charge on any atom is -0.409 e. The van der Waals surface area contributed by atoms with E-state index in [1.165, 1.54) is 25.7 Å². The van der Waals surface area contributed by atoms with Crippen molar-refractivity contribution in [1.29, 1.82) is 0 Å². The molecule has 1 aliphatic heterocycles. The zero-order chi connectivity index (χ0) is 15.1. The van der Waals surface area contributed by atoms with Crippen molar-refractivity contribution in [1.82, 2.24) is 0 Å². The number of nitrogens with zero attached hydrogens (tertiary/aromatic N) is 3. The van der Waals surface area contributed by atoms with E-state index in [2.05, 4.69) is 29.7 Å². The molecule has 0 bridgehead atoms. The number of hydrogen-bond donors (Lipinski definition) is 0. The van der Waals surface area contributed by atoms with Gasteiger partial charge in [0.2, 0.25) is 0 Å². The van der Waals surface area contributed by atoms with Gasteiger partial charge in [-0.15, -0.1) is 0 Å². The van der Waals surface area contributed by atoms with Crippen LogP contribution in [0.1, 0.15) is 44.9 Å². The molecule has 0 spiro atoms. The molecule has 0 radical (unpaired) electrons. The van der Waals surface area contributed by atoms with Crippen LogP contribution in [0.15, 0.2) is 5.11 Å². The van der Waals surface area contributed by atoms with Crippen LogP contribution in [0.2, 0.25) is 19.6 Å². The Balaban J connectivity index is 1.81. The molecule has 1 heterocycles. The van der Waals surface area contributed by atoms with Gasteiger partial charge in [0.25, 0.3) is 0 Å². The maximum absolute atomic E-state index is 8.51. The summed E-state index contributed by atoms with van der Waals surface area (Å²) in [4.78, 5) is 2.90. The van der Waals surface area contributed by atoms with E-state index in [-0.39, 0.29) is 11.2 Å². The second-order valence-corrected chi connectivity index (χ2v) is 12.3. The summed E-state index contributed by atoms with van der Waals surface area (Å²) in [6.07, 6.45) is 8.47. The predicted molar refractivity (Wildman–Crippen MR) is 84.6 cm³/mol. The Bertz CT molecular complexity index is 454. The van der Waals surface area contributed by atoms with Crippen molar-refractivity contribution >= 4 is 8.32 Å². The number of azide groups is 1. The fourth-order valence-corrected chi connectivity index (χ4v) is 6.18. The normalized spacial score (nSPS) is 37.1. The largest absolute Gasteiger partial charge is 0.409 e. The highest BCUT2D eigenvalue weighted by Gasteiger charge is 2.75. The predicted octanol–water partition coefficient (Wildman–Crippen LogP) is 4.40. The molecule has 6 heteroatoms. The van der Waals surface area contributed by atoms with E-state index in [1.807, 2.05) is 0 Å². The molecule has 1 saturated heterocycles. The van der Waals surface area contributed by atoms with Gasteiger partial charge in [0, 0.05) is 11.5 Å². The van der Waals surface area contributed by atoms with Crippen molar-refractivity contribution in [2.75, 3.05) is 6.54 Å². The SMILES string of the molecule is C[Si](C)(C)OC1([C@@]23O[C@@H]2CCCC3CCN=[N+]=[N-])CCC1. The standard InChI is InChI=1S/C15H27N3O2Si/c1-21(2,3)20-14(9-5-10-14)15-12(8-11-17-18-16)6-4-7-13(15)19-15/h12-13H,4-11H2,1-3H3/t12?,13-,15+/m1/s1. The molecule has 0 amide bonds. The second kappa shape index (κ2) is 5.27. The number of rotatable bonds is 6. The van der Waals surface area contributed by atoms with Gasteiger partial charge >= 0.3 is 0 Å². The molecule has 21 heavy (non-hydrogen) atoms. The van der Waals surface area contributed by atoms with Gasteiger partial charge in [-0.25, -0.2) is 0 Å². The van der Waals surface area contributed by atoms with Gasteiger partial charge in [0.15, 0.2) is 8.32 Å². The van der Waals surface area contributed by atoms with Crippen LogP contribution in [0.5, 0.6) is 0 Å². The van der Waals surface area contributed by atoms with Crippen LogP contribution >= 0.6 is 0 Å². The van der Waals surface area contributed by atoms with Crippen LogP contribution < -0.4 is 0 Å². The summed E-state index contributed by atoms with van der Waals surface area (Å²) in [5, 5.41) is 3.74. The fraction of sp³-hybridized carbons (Fsp3) is 1.00. The Morgan fingerprint density at radius 3 is 2.62 bits per heavy atom. The van der Waals surface area contributed by atoms with E-state index in [0.29, 0.717) is 18.6 Å². The zero-order valence-corrected chi connectivity index (χ0v) is 14.5. The van der Waals surface area contributed by atoms with Crippen molar-refractivity contribution in [3.63, 3.8) is 0 Å². The minimum absolute atomic E-state index is 0.0381. The van der Waals surface area contributed by atoms with E-state index < -0.39 is 8.32 Å². The van der Waals surface area contributed by atoms with E-state index >= 15 is 0 Å². The molecule has 2 saturated carbocycles. The molecule has 5 nitrogen and oxygen atoms in total. The quantitative estimate of drug-likeness (QED) is 0.240. The highest BCUT2D eigenvalue weighted by atomic mass is 28.4. The van der Waals surface area contributed by atoms with E-state index in [9.17, 15) is 0 Å². The van der Waals surface area contributed by atoms with Crippen LogP contribution in [0.4, 0.5) is 0 Å². The third kappa shape index (κ3) is 2.52. The van der Waals surface area contributed by atoms with Crippen LogP contribution in [-0.4, -0.2) is 32.2 Å². The molecule has 1 unspecified atom stereocenters.